The molecular weight excluding hydrogens is 271 g/mol. The Morgan fingerprint density at radius 3 is 2.62 bits per heavy atom. The number of anilines is 1. The monoisotopic (exact) mass is 286 g/mol. The number of nitrogens with one attached hydrogen (secondary N) is 1. The number of hydrogen-bond acceptors (Lipinski definition) is 4. The molecule has 4 nitrogen and oxygen atoms in total. The van der Waals surface area contributed by atoms with E-state index in [0.717, 1.165) is 0 Å². The molecule has 0 aromatic heterocycles. The van der Waals surface area contributed by atoms with Crippen LogP contribution in [0.4, 0.5) is 10.1 Å². The Bertz CT molecular complexity index is 650. The van der Waals surface area contributed by atoms with Gasteiger partial charge < -0.3 is 15.2 Å². The Kier molecular flexibility index (Phi) is 4.75. The maximum Gasteiger partial charge on any atom is 0.143 e. The summed E-state index contributed by atoms with van der Waals surface area (Å²) < 4.78 is 18.0. The summed E-state index contributed by atoms with van der Waals surface area (Å²) >= 11 is 0. The van der Waals surface area contributed by atoms with Gasteiger partial charge in [0.15, 0.2) is 0 Å². The predicted octanol–water partition coefficient (Wildman–Crippen LogP) is 2.85. The molecule has 0 spiro atoms. The first kappa shape index (κ1) is 14.8. The molecular formula is C16H15FN2O2. The zero-order chi connectivity index (χ0) is 15.2. The molecule has 108 valence electrons. The summed E-state index contributed by atoms with van der Waals surface area (Å²) in [6.45, 7) is 0.244. The van der Waals surface area contributed by atoms with Gasteiger partial charge in [-0.2, -0.15) is 5.26 Å². The minimum Gasteiger partial charge on any atom is -0.495 e. The highest BCUT2D eigenvalue weighted by atomic mass is 19.1. The minimum absolute atomic E-state index is 0.244. The van der Waals surface area contributed by atoms with Gasteiger partial charge in [0, 0.05) is 12.6 Å². The van der Waals surface area contributed by atoms with E-state index in [-0.39, 0.29) is 12.4 Å². The average Bonchev–Trinajstić information content (AvgIpc) is 2.53. The zero-order valence-corrected chi connectivity index (χ0v) is 11.5. The third kappa shape index (κ3) is 3.71. The van der Waals surface area contributed by atoms with E-state index in [1.165, 1.54) is 31.4 Å². The first-order valence-electron chi connectivity index (χ1n) is 6.39. The molecule has 0 aliphatic carbocycles. The topological polar surface area (TPSA) is 65.3 Å². The molecule has 2 rings (SSSR count). The van der Waals surface area contributed by atoms with E-state index >= 15 is 0 Å². The molecule has 21 heavy (non-hydrogen) atoms. The van der Waals surface area contributed by atoms with Crippen molar-refractivity contribution < 1.29 is 14.2 Å². The lowest BCUT2D eigenvalue weighted by molar-refractivity contribution is 0.191. The van der Waals surface area contributed by atoms with E-state index in [1.807, 2.05) is 6.07 Å². The lowest BCUT2D eigenvalue weighted by Gasteiger charge is -2.15. The van der Waals surface area contributed by atoms with Crippen LogP contribution in [0.15, 0.2) is 42.5 Å². The molecule has 5 heteroatoms. The number of rotatable bonds is 5. The van der Waals surface area contributed by atoms with Crippen LogP contribution < -0.4 is 10.1 Å². The molecule has 0 saturated heterocycles. The summed E-state index contributed by atoms with van der Waals surface area (Å²) in [6, 6.07) is 12.7. The van der Waals surface area contributed by atoms with Gasteiger partial charge in [-0.15, -0.1) is 0 Å². The number of benzene rings is 2. The molecule has 0 saturated carbocycles. The van der Waals surface area contributed by atoms with Crippen molar-refractivity contribution in [2.75, 3.05) is 19.0 Å². The molecule has 0 heterocycles. The number of ether oxygens (including phenoxy) is 1. The van der Waals surface area contributed by atoms with Crippen LogP contribution in [0.1, 0.15) is 17.2 Å². The molecule has 1 atom stereocenters. The van der Waals surface area contributed by atoms with Crippen molar-refractivity contribution in [1.82, 2.24) is 0 Å². The molecule has 0 bridgehead atoms. The average molecular weight is 286 g/mol. The lowest BCUT2D eigenvalue weighted by atomic mass is 10.1. The van der Waals surface area contributed by atoms with E-state index < -0.39 is 6.10 Å². The van der Waals surface area contributed by atoms with E-state index in [2.05, 4.69) is 5.32 Å². The first-order valence-corrected chi connectivity index (χ1v) is 6.39. The van der Waals surface area contributed by atoms with Gasteiger partial charge in [-0.3, -0.25) is 0 Å². The molecule has 2 aromatic carbocycles. The van der Waals surface area contributed by atoms with Crippen molar-refractivity contribution in [2.45, 2.75) is 6.10 Å². The van der Waals surface area contributed by atoms with E-state index in [0.29, 0.717) is 22.6 Å². The second-order valence-corrected chi connectivity index (χ2v) is 4.48. The zero-order valence-electron chi connectivity index (χ0n) is 11.5. The van der Waals surface area contributed by atoms with Crippen molar-refractivity contribution in [1.29, 1.82) is 5.26 Å². The second-order valence-electron chi connectivity index (χ2n) is 4.48. The lowest BCUT2D eigenvalue weighted by Crippen LogP contribution is -2.12. The maximum absolute atomic E-state index is 12.8. The Labute approximate surface area is 122 Å². The Morgan fingerprint density at radius 2 is 2.00 bits per heavy atom. The van der Waals surface area contributed by atoms with Crippen LogP contribution in [-0.2, 0) is 0 Å². The van der Waals surface area contributed by atoms with Crippen LogP contribution in [0.2, 0.25) is 0 Å². The molecule has 2 aromatic rings. The van der Waals surface area contributed by atoms with Crippen molar-refractivity contribution in [3.8, 4) is 11.8 Å². The summed E-state index contributed by atoms with van der Waals surface area (Å²) in [4.78, 5) is 0. The molecule has 0 aliphatic rings. The number of aliphatic hydroxyl groups excluding tert-OH is 1. The number of nitriles is 1. The van der Waals surface area contributed by atoms with Gasteiger partial charge in [0.2, 0.25) is 0 Å². The fourth-order valence-corrected chi connectivity index (χ4v) is 1.92. The molecule has 0 amide bonds. The van der Waals surface area contributed by atoms with Crippen molar-refractivity contribution in [3.63, 3.8) is 0 Å². The van der Waals surface area contributed by atoms with Crippen LogP contribution in [0.3, 0.4) is 0 Å². The number of nitrogens with zero attached hydrogens (tertiary/aromatic N) is 1. The molecule has 0 radical (unpaired) electrons. The predicted molar refractivity (Wildman–Crippen MR) is 77.6 cm³/mol. The molecule has 1 unspecified atom stereocenters. The highest BCUT2D eigenvalue weighted by molar-refractivity contribution is 5.59. The molecule has 0 aliphatic heterocycles. The SMILES string of the molecule is COc1cc(C#N)ccc1NCC(O)c1ccc(F)cc1. The fraction of sp³-hybridized carbons (Fsp3) is 0.188. The van der Waals surface area contributed by atoms with Crippen LogP contribution >= 0.6 is 0 Å². The second kappa shape index (κ2) is 6.73. The largest absolute Gasteiger partial charge is 0.495 e. The van der Waals surface area contributed by atoms with Crippen molar-refractivity contribution >= 4 is 5.69 Å². The van der Waals surface area contributed by atoms with Crippen LogP contribution in [0.5, 0.6) is 5.75 Å². The number of halogens is 1. The van der Waals surface area contributed by atoms with E-state index in [9.17, 15) is 9.50 Å². The molecule has 0 fully saturated rings. The van der Waals surface area contributed by atoms with Crippen LogP contribution in [0.25, 0.3) is 0 Å². The maximum atomic E-state index is 12.8. The quantitative estimate of drug-likeness (QED) is 0.887. The first-order chi connectivity index (χ1) is 10.1. The Balaban J connectivity index is 2.06. The normalized spacial score (nSPS) is 11.5. The Morgan fingerprint density at radius 1 is 1.29 bits per heavy atom. The van der Waals surface area contributed by atoms with Gasteiger partial charge in [0.25, 0.3) is 0 Å². The summed E-state index contributed by atoms with van der Waals surface area (Å²) in [6.07, 6.45) is -0.772. The number of aliphatic hydroxyl groups is 1. The van der Waals surface area contributed by atoms with Gasteiger partial charge in [0.1, 0.15) is 11.6 Å². The summed E-state index contributed by atoms with van der Waals surface area (Å²) in [5.74, 6) is 0.188. The van der Waals surface area contributed by atoms with Gasteiger partial charge in [-0.25, -0.2) is 4.39 Å². The standard InChI is InChI=1S/C16H15FN2O2/c1-21-16-8-11(9-18)2-7-14(16)19-10-15(20)12-3-5-13(17)6-4-12/h2-8,15,19-20H,10H2,1H3. The smallest absolute Gasteiger partial charge is 0.143 e. The van der Waals surface area contributed by atoms with Gasteiger partial charge >= 0.3 is 0 Å². The van der Waals surface area contributed by atoms with Gasteiger partial charge in [-0.1, -0.05) is 12.1 Å². The minimum atomic E-state index is -0.772. The van der Waals surface area contributed by atoms with E-state index in [4.69, 9.17) is 10.00 Å². The van der Waals surface area contributed by atoms with Gasteiger partial charge in [0.05, 0.1) is 30.5 Å². The summed E-state index contributed by atoms with van der Waals surface area (Å²) in [5, 5.41) is 22.0. The number of hydrogen-bond donors (Lipinski definition) is 2. The highest BCUT2D eigenvalue weighted by Crippen LogP contribution is 2.26. The summed E-state index contributed by atoms with van der Waals surface area (Å²) in [5.41, 5.74) is 1.80. The Hall–Kier alpha value is -2.58. The number of methoxy groups -OCH3 is 1. The fourth-order valence-electron chi connectivity index (χ4n) is 1.92. The van der Waals surface area contributed by atoms with E-state index in [1.54, 1.807) is 18.2 Å². The van der Waals surface area contributed by atoms with Crippen molar-refractivity contribution in [2.24, 2.45) is 0 Å². The van der Waals surface area contributed by atoms with Crippen molar-refractivity contribution in [3.05, 3.63) is 59.4 Å². The van der Waals surface area contributed by atoms with Crippen LogP contribution in [-0.4, -0.2) is 18.8 Å². The highest BCUT2D eigenvalue weighted by Gasteiger charge is 2.10. The molecule has 2 N–H and O–H groups in total. The third-order valence-electron chi connectivity index (χ3n) is 3.07. The third-order valence-corrected chi connectivity index (χ3v) is 3.07. The van der Waals surface area contributed by atoms with Gasteiger partial charge in [-0.05, 0) is 29.8 Å². The summed E-state index contributed by atoms with van der Waals surface area (Å²) in [7, 11) is 1.51. The van der Waals surface area contributed by atoms with Crippen LogP contribution in [0, 0.1) is 17.1 Å².